The molecule has 0 fully saturated rings. The minimum absolute atomic E-state index is 0.602. The molecule has 98 valence electrons. The van der Waals surface area contributed by atoms with Crippen LogP contribution in [-0.4, -0.2) is 14.6 Å². The van der Waals surface area contributed by atoms with E-state index in [1.807, 2.05) is 10.8 Å². The molecular weight excluding hydrogens is 224 g/mol. The maximum Gasteiger partial charge on any atom is 0.387 e. The highest BCUT2D eigenvalue weighted by Crippen LogP contribution is 2.08. The third kappa shape index (κ3) is 2.52. The van der Waals surface area contributed by atoms with Crippen LogP contribution in [0.5, 0.6) is 0 Å². The van der Waals surface area contributed by atoms with Crippen molar-refractivity contribution in [1.29, 1.82) is 0 Å². The van der Waals surface area contributed by atoms with Crippen LogP contribution in [0.1, 0.15) is 45.5 Å². The van der Waals surface area contributed by atoms with Crippen LogP contribution >= 0.6 is 0 Å². The predicted octanol–water partition coefficient (Wildman–Crippen LogP) is 2.19. The van der Waals surface area contributed by atoms with Crippen LogP contribution < -0.4 is 4.57 Å². The molecule has 0 saturated heterocycles. The molecule has 2 heterocycles. The van der Waals surface area contributed by atoms with Crippen molar-refractivity contribution in [3.8, 4) is 0 Å². The van der Waals surface area contributed by atoms with E-state index >= 15 is 0 Å². The lowest BCUT2D eigenvalue weighted by Gasteiger charge is -2.03. The van der Waals surface area contributed by atoms with Crippen molar-refractivity contribution in [3.63, 3.8) is 0 Å². The van der Waals surface area contributed by atoms with E-state index in [4.69, 9.17) is 4.98 Å². The molecule has 0 spiro atoms. The number of hydrogen-bond donors (Lipinski definition) is 0. The van der Waals surface area contributed by atoms with Gasteiger partial charge in [0.25, 0.3) is 0 Å². The summed E-state index contributed by atoms with van der Waals surface area (Å²) in [5.41, 5.74) is 2.42. The minimum Gasteiger partial charge on any atom is -0.223 e. The first-order valence-corrected chi connectivity index (χ1v) is 6.91. The van der Waals surface area contributed by atoms with Crippen molar-refractivity contribution in [3.05, 3.63) is 23.8 Å². The number of nitrogens with zero attached hydrogens (tertiary/aromatic N) is 4. The van der Waals surface area contributed by atoms with Gasteiger partial charge < -0.3 is 0 Å². The average molecular weight is 247 g/mol. The number of rotatable bonds is 5. The summed E-state index contributed by atoms with van der Waals surface area (Å²) in [6.45, 7) is 9.75. The maximum atomic E-state index is 4.71. The first-order chi connectivity index (χ1) is 8.65. The Kier molecular flexibility index (Phi) is 3.94. The van der Waals surface area contributed by atoms with E-state index in [-0.39, 0.29) is 0 Å². The Morgan fingerprint density at radius 2 is 2.11 bits per heavy atom. The van der Waals surface area contributed by atoms with Crippen molar-refractivity contribution in [1.82, 2.24) is 14.6 Å². The summed E-state index contributed by atoms with van der Waals surface area (Å²) >= 11 is 0. The third-order valence-corrected chi connectivity index (χ3v) is 3.03. The second-order valence-corrected chi connectivity index (χ2v) is 5.23. The quantitative estimate of drug-likeness (QED) is 0.759. The highest BCUT2D eigenvalue weighted by molar-refractivity contribution is 5.25. The molecule has 0 bridgehead atoms. The van der Waals surface area contributed by atoms with Gasteiger partial charge in [0.15, 0.2) is 0 Å². The van der Waals surface area contributed by atoms with Crippen LogP contribution in [0.2, 0.25) is 0 Å². The lowest BCUT2D eigenvalue weighted by atomic mass is 10.2. The van der Waals surface area contributed by atoms with Crippen LogP contribution in [0.25, 0.3) is 5.78 Å². The summed E-state index contributed by atoms with van der Waals surface area (Å²) in [5, 5.41) is 4.48. The van der Waals surface area contributed by atoms with Crippen molar-refractivity contribution >= 4 is 5.78 Å². The van der Waals surface area contributed by atoms with E-state index in [0.717, 1.165) is 37.3 Å². The first-order valence-electron chi connectivity index (χ1n) is 6.91. The molecule has 0 atom stereocenters. The Morgan fingerprint density at radius 1 is 1.33 bits per heavy atom. The van der Waals surface area contributed by atoms with E-state index in [0.29, 0.717) is 5.92 Å². The number of hydrogen-bond acceptors (Lipinski definition) is 2. The Morgan fingerprint density at radius 3 is 2.72 bits per heavy atom. The number of aryl methyl sites for hydroxylation is 2. The Balaban J connectivity index is 2.53. The zero-order valence-corrected chi connectivity index (χ0v) is 11.8. The molecule has 4 nitrogen and oxygen atoms in total. The Labute approximate surface area is 109 Å². The Hall–Kier alpha value is -1.45. The molecule has 0 amide bonds. The molecule has 0 saturated carbocycles. The van der Waals surface area contributed by atoms with Gasteiger partial charge >= 0.3 is 5.78 Å². The van der Waals surface area contributed by atoms with Gasteiger partial charge in [-0.1, -0.05) is 32.2 Å². The van der Waals surface area contributed by atoms with E-state index < -0.39 is 0 Å². The van der Waals surface area contributed by atoms with E-state index in [2.05, 4.69) is 43.4 Å². The lowest BCUT2D eigenvalue weighted by Crippen LogP contribution is -2.36. The van der Waals surface area contributed by atoms with Gasteiger partial charge in [-0.2, -0.15) is 0 Å². The molecule has 2 aromatic heterocycles. The van der Waals surface area contributed by atoms with Crippen LogP contribution in [-0.2, 0) is 19.4 Å². The second-order valence-electron chi connectivity index (χ2n) is 5.23. The summed E-state index contributed by atoms with van der Waals surface area (Å²) in [6, 6.07) is 2.18. The molecule has 0 unspecified atom stereocenters. The standard InChI is InChI=1S/C14H23N4/c1-5-7-13-8-12(6-2)16-14-17(9-11(3)4)10-15-18(13)14/h8,10-11H,5-7,9H2,1-4H3/q+1. The molecule has 0 N–H and O–H groups in total. The first kappa shape index (κ1) is 13.0. The van der Waals surface area contributed by atoms with Crippen molar-refractivity contribution in [2.45, 2.75) is 53.5 Å². The molecule has 0 aromatic carbocycles. The molecular formula is C14H23N4+. The largest absolute Gasteiger partial charge is 0.387 e. The molecule has 2 rings (SSSR count). The fourth-order valence-electron chi connectivity index (χ4n) is 2.20. The van der Waals surface area contributed by atoms with Gasteiger partial charge in [-0.25, -0.2) is 4.57 Å². The SMILES string of the molecule is CCCc1cc(CC)nc2n1nc[n+]2CC(C)C. The zero-order chi connectivity index (χ0) is 13.1. The highest BCUT2D eigenvalue weighted by Gasteiger charge is 2.18. The zero-order valence-electron chi connectivity index (χ0n) is 11.8. The third-order valence-electron chi connectivity index (χ3n) is 3.03. The summed E-state index contributed by atoms with van der Waals surface area (Å²) in [7, 11) is 0. The summed E-state index contributed by atoms with van der Waals surface area (Å²) in [5.74, 6) is 1.58. The summed E-state index contributed by atoms with van der Waals surface area (Å²) in [4.78, 5) is 4.71. The van der Waals surface area contributed by atoms with Gasteiger partial charge in [-0.3, -0.25) is 0 Å². The summed E-state index contributed by atoms with van der Waals surface area (Å²) < 4.78 is 4.15. The van der Waals surface area contributed by atoms with E-state index in [1.165, 1.54) is 5.69 Å². The van der Waals surface area contributed by atoms with Crippen molar-refractivity contribution in [2.24, 2.45) is 5.92 Å². The van der Waals surface area contributed by atoms with Gasteiger partial charge in [0.2, 0.25) is 6.33 Å². The molecule has 18 heavy (non-hydrogen) atoms. The average Bonchev–Trinajstić information content (AvgIpc) is 2.72. The summed E-state index contributed by atoms with van der Waals surface area (Å²) in [6.07, 6.45) is 5.06. The fourth-order valence-corrected chi connectivity index (χ4v) is 2.20. The van der Waals surface area contributed by atoms with Gasteiger partial charge in [-0.15, -0.1) is 4.98 Å². The molecule has 2 aromatic rings. The fraction of sp³-hybridized carbons (Fsp3) is 0.643. The molecule has 4 heteroatoms. The van der Waals surface area contributed by atoms with Crippen LogP contribution in [0, 0.1) is 5.92 Å². The maximum absolute atomic E-state index is 4.71. The van der Waals surface area contributed by atoms with Gasteiger partial charge in [-0.05, 0) is 23.9 Å². The second kappa shape index (κ2) is 5.46. The topological polar surface area (TPSA) is 34.1 Å². The minimum atomic E-state index is 0.602. The number of fused-ring (bicyclic) bond motifs is 1. The van der Waals surface area contributed by atoms with Crippen molar-refractivity contribution < 1.29 is 4.57 Å². The Bertz CT molecular complexity index is 528. The van der Waals surface area contributed by atoms with Crippen LogP contribution in [0.15, 0.2) is 12.4 Å². The lowest BCUT2D eigenvalue weighted by molar-refractivity contribution is -0.680. The monoisotopic (exact) mass is 247 g/mol. The van der Waals surface area contributed by atoms with Crippen LogP contribution in [0.3, 0.4) is 0 Å². The number of aromatic nitrogens is 4. The van der Waals surface area contributed by atoms with Gasteiger partial charge in [0.1, 0.15) is 11.4 Å². The van der Waals surface area contributed by atoms with Gasteiger partial charge in [0.05, 0.1) is 6.54 Å². The molecule has 0 radical (unpaired) electrons. The van der Waals surface area contributed by atoms with E-state index in [1.54, 1.807) is 0 Å². The highest BCUT2D eigenvalue weighted by atomic mass is 15.4. The van der Waals surface area contributed by atoms with Crippen molar-refractivity contribution in [2.75, 3.05) is 0 Å². The predicted molar refractivity (Wildman–Crippen MR) is 71.4 cm³/mol. The molecule has 0 aliphatic heterocycles. The smallest absolute Gasteiger partial charge is 0.223 e. The van der Waals surface area contributed by atoms with Gasteiger partial charge in [0, 0.05) is 12.5 Å². The molecule has 0 aliphatic carbocycles. The van der Waals surface area contributed by atoms with E-state index in [9.17, 15) is 0 Å². The van der Waals surface area contributed by atoms with Crippen LogP contribution in [0.4, 0.5) is 0 Å². The normalized spacial score (nSPS) is 11.6. The molecule has 0 aliphatic rings.